The summed E-state index contributed by atoms with van der Waals surface area (Å²) in [6, 6.07) is 13.8. The Morgan fingerprint density at radius 3 is 2.66 bits per heavy atom. The highest BCUT2D eigenvalue weighted by Crippen LogP contribution is 2.30. The maximum atomic E-state index is 12.9. The molecule has 0 spiro atoms. The van der Waals surface area contributed by atoms with E-state index in [4.69, 9.17) is 9.47 Å². The molecule has 3 heterocycles. The fourth-order valence-corrected chi connectivity index (χ4v) is 3.95. The fraction of sp³-hybridized carbons (Fsp3) is 0.455. The number of pyridine rings is 1. The number of nitrogens with zero attached hydrogens (tertiary/aromatic N) is 2. The Kier molecular flexibility index (Phi) is 6.14. The van der Waals surface area contributed by atoms with Crippen LogP contribution in [0.4, 0.5) is 5.82 Å². The SMILES string of the molecule is CCN(C[C@@H]1COc2ccccc2O1)C(=O)C[NH+]1CCN(c2cccc[nH+]2)CC1. The lowest BCUT2D eigenvalue weighted by Gasteiger charge is -2.32. The molecule has 7 heteroatoms. The van der Waals surface area contributed by atoms with Crippen molar-refractivity contribution in [3.63, 3.8) is 0 Å². The predicted octanol–water partition coefficient (Wildman–Crippen LogP) is -0.106. The molecule has 1 amide bonds. The summed E-state index contributed by atoms with van der Waals surface area (Å²) in [6.07, 6.45) is 1.82. The maximum absolute atomic E-state index is 12.9. The van der Waals surface area contributed by atoms with Gasteiger partial charge in [-0.2, -0.15) is 0 Å². The summed E-state index contributed by atoms with van der Waals surface area (Å²) in [6.45, 7) is 8.08. The molecule has 2 N–H and O–H groups in total. The van der Waals surface area contributed by atoms with Gasteiger partial charge in [0.2, 0.25) is 0 Å². The number of benzene rings is 1. The van der Waals surface area contributed by atoms with Crippen molar-refractivity contribution in [1.82, 2.24) is 4.90 Å². The van der Waals surface area contributed by atoms with E-state index in [1.165, 1.54) is 4.90 Å². The van der Waals surface area contributed by atoms with Gasteiger partial charge in [0, 0.05) is 12.6 Å². The van der Waals surface area contributed by atoms with E-state index in [0.717, 1.165) is 43.5 Å². The Morgan fingerprint density at radius 1 is 1.17 bits per heavy atom. The summed E-state index contributed by atoms with van der Waals surface area (Å²) in [4.78, 5) is 21.8. The standard InChI is InChI=1S/C22H28N4O3/c1-2-25(15-18-17-28-19-7-3-4-8-20(19)29-18)22(27)16-24-11-13-26(14-12-24)21-9-5-6-10-23-21/h3-10,18H,2,11-17H2,1H3/p+2/t18-/m1/s1. The fourth-order valence-electron chi connectivity index (χ4n) is 3.95. The van der Waals surface area contributed by atoms with Crippen LogP contribution in [0.2, 0.25) is 0 Å². The average molecular weight is 399 g/mol. The number of aromatic nitrogens is 1. The van der Waals surface area contributed by atoms with Crippen LogP contribution in [0.3, 0.4) is 0 Å². The number of nitrogens with one attached hydrogen (secondary N) is 2. The number of ether oxygens (including phenoxy) is 2. The zero-order valence-electron chi connectivity index (χ0n) is 17.0. The van der Waals surface area contributed by atoms with E-state index in [2.05, 4.69) is 16.0 Å². The quantitative estimate of drug-likeness (QED) is 0.738. The van der Waals surface area contributed by atoms with Crippen molar-refractivity contribution in [2.45, 2.75) is 13.0 Å². The third-order valence-corrected chi connectivity index (χ3v) is 5.63. The highest BCUT2D eigenvalue weighted by Gasteiger charge is 2.30. The first kappa shape index (κ1) is 19.5. The third-order valence-electron chi connectivity index (χ3n) is 5.63. The van der Waals surface area contributed by atoms with Crippen molar-refractivity contribution in [1.29, 1.82) is 0 Å². The Hall–Kier alpha value is -2.80. The normalized spacial score (nSPS) is 19.1. The monoisotopic (exact) mass is 398 g/mol. The van der Waals surface area contributed by atoms with Crippen molar-refractivity contribution in [3.8, 4) is 11.5 Å². The Morgan fingerprint density at radius 2 is 1.93 bits per heavy atom. The van der Waals surface area contributed by atoms with Crippen molar-refractivity contribution in [2.24, 2.45) is 0 Å². The molecule has 2 aliphatic heterocycles. The third kappa shape index (κ3) is 4.79. The minimum Gasteiger partial charge on any atom is -0.486 e. The van der Waals surface area contributed by atoms with Gasteiger partial charge in [-0.3, -0.25) is 9.69 Å². The molecule has 1 aromatic heterocycles. The molecule has 1 atom stereocenters. The van der Waals surface area contributed by atoms with Crippen LogP contribution in [0.15, 0.2) is 48.7 Å². The van der Waals surface area contributed by atoms with Gasteiger partial charge in [-0.15, -0.1) is 0 Å². The molecule has 1 fully saturated rings. The summed E-state index contributed by atoms with van der Waals surface area (Å²) in [5, 5.41) is 0. The largest absolute Gasteiger partial charge is 0.486 e. The first-order valence-corrected chi connectivity index (χ1v) is 10.4. The smallest absolute Gasteiger partial charge is 0.277 e. The molecule has 2 aromatic rings. The number of aromatic amines is 1. The zero-order valence-corrected chi connectivity index (χ0v) is 17.0. The first-order valence-electron chi connectivity index (χ1n) is 10.4. The summed E-state index contributed by atoms with van der Waals surface area (Å²) < 4.78 is 11.8. The highest BCUT2D eigenvalue weighted by molar-refractivity contribution is 5.77. The number of piperazine rings is 1. The number of amides is 1. The molecule has 2 aliphatic rings. The molecule has 29 heavy (non-hydrogen) atoms. The van der Waals surface area contributed by atoms with Gasteiger partial charge in [-0.05, 0) is 25.1 Å². The predicted molar refractivity (Wildman–Crippen MR) is 109 cm³/mol. The van der Waals surface area contributed by atoms with Gasteiger partial charge in [0.25, 0.3) is 11.7 Å². The summed E-state index contributed by atoms with van der Waals surface area (Å²) in [7, 11) is 0. The number of fused-ring (bicyclic) bond motifs is 1. The molecule has 1 aromatic carbocycles. The molecule has 0 unspecified atom stereocenters. The second-order valence-electron chi connectivity index (χ2n) is 7.59. The van der Waals surface area contributed by atoms with Crippen LogP contribution < -0.4 is 24.3 Å². The van der Waals surface area contributed by atoms with Crippen LogP contribution in [-0.2, 0) is 4.79 Å². The van der Waals surface area contributed by atoms with Gasteiger partial charge in [-0.25, -0.2) is 4.98 Å². The molecular weight excluding hydrogens is 368 g/mol. The second-order valence-corrected chi connectivity index (χ2v) is 7.59. The number of anilines is 1. The number of H-pyrrole nitrogens is 1. The number of likely N-dealkylation sites (N-methyl/N-ethyl adjacent to an activating group) is 1. The van der Waals surface area contributed by atoms with Crippen molar-refractivity contribution >= 4 is 11.7 Å². The van der Waals surface area contributed by atoms with Gasteiger partial charge in [0.15, 0.2) is 24.1 Å². The lowest BCUT2D eigenvalue weighted by Crippen LogP contribution is -3.16. The van der Waals surface area contributed by atoms with Crippen molar-refractivity contribution in [3.05, 3.63) is 48.7 Å². The van der Waals surface area contributed by atoms with Gasteiger partial charge < -0.3 is 19.3 Å². The van der Waals surface area contributed by atoms with E-state index >= 15 is 0 Å². The summed E-state index contributed by atoms with van der Waals surface area (Å²) >= 11 is 0. The summed E-state index contributed by atoms with van der Waals surface area (Å²) in [5.74, 6) is 2.86. The van der Waals surface area contributed by atoms with E-state index in [1.54, 1.807) is 0 Å². The topological polar surface area (TPSA) is 60.6 Å². The number of hydrogen-bond acceptors (Lipinski definition) is 4. The van der Waals surface area contributed by atoms with Gasteiger partial charge >= 0.3 is 0 Å². The molecule has 7 nitrogen and oxygen atoms in total. The first-order chi connectivity index (χ1) is 14.2. The van der Waals surface area contributed by atoms with Crippen molar-refractivity contribution < 1.29 is 24.2 Å². The Balaban J connectivity index is 1.26. The number of carbonyl (C=O) groups excluding carboxylic acids is 1. The van der Waals surface area contributed by atoms with Crippen LogP contribution in [0.1, 0.15) is 6.92 Å². The van der Waals surface area contributed by atoms with E-state index in [0.29, 0.717) is 26.2 Å². The van der Waals surface area contributed by atoms with E-state index in [-0.39, 0.29) is 12.0 Å². The minimum absolute atomic E-state index is 0.130. The number of rotatable bonds is 6. The Labute approximate surface area is 171 Å². The van der Waals surface area contributed by atoms with Crippen LogP contribution in [0, 0.1) is 0 Å². The van der Waals surface area contributed by atoms with Gasteiger partial charge in [-0.1, -0.05) is 18.2 Å². The van der Waals surface area contributed by atoms with Crippen LogP contribution in [-0.4, -0.2) is 69.3 Å². The van der Waals surface area contributed by atoms with Gasteiger partial charge in [0.05, 0.1) is 12.7 Å². The molecule has 0 aliphatic carbocycles. The molecule has 0 saturated carbocycles. The molecule has 1 saturated heterocycles. The van der Waals surface area contributed by atoms with E-state index < -0.39 is 0 Å². The van der Waals surface area contributed by atoms with Crippen LogP contribution >= 0.6 is 0 Å². The van der Waals surface area contributed by atoms with Gasteiger partial charge in [0.1, 0.15) is 32.8 Å². The second kappa shape index (κ2) is 9.13. The highest BCUT2D eigenvalue weighted by atomic mass is 16.6. The lowest BCUT2D eigenvalue weighted by atomic mass is 10.2. The number of carbonyl (C=O) groups is 1. The molecule has 0 radical (unpaired) electrons. The molecule has 0 bridgehead atoms. The molecular formula is C22H30N4O3+2. The van der Waals surface area contributed by atoms with Crippen LogP contribution in [0.25, 0.3) is 0 Å². The van der Waals surface area contributed by atoms with E-state index in [1.807, 2.05) is 54.4 Å². The number of para-hydroxylation sites is 2. The molecule has 4 rings (SSSR count). The number of quaternary nitrogens is 1. The lowest BCUT2D eigenvalue weighted by molar-refractivity contribution is -0.892. The van der Waals surface area contributed by atoms with E-state index in [9.17, 15) is 4.79 Å². The summed E-state index contributed by atoms with van der Waals surface area (Å²) in [5.41, 5.74) is 0. The number of hydrogen-bond donors (Lipinski definition) is 1. The zero-order chi connectivity index (χ0) is 20.1. The average Bonchev–Trinajstić information content (AvgIpc) is 2.78. The molecule has 154 valence electrons. The Bertz CT molecular complexity index is 809. The van der Waals surface area contributed by atoms with Crippen molar-refractivity contribution in [2.75, 3.05) is 57.3 Å². The van der Waals surface area contributed by atoms with Crippen LogP contribution in [0.5, 0.6) is 11.5 Å². The maximum Gasteiger partial charge on any atom is 0.277 e. The minimum atomic E-state index is -0.130.